The number of carbonyl (C=O) groups excluding carboxylic acids is 5. The van der Waals surface area contributed by atoms with Crippen LogP contribution in [0, 0.1) is 11.8 Å². The number of nitrogens with one attached hydrogen (secondary N) is 4. The van der Waals surface area contributed by atoms with Crippen LogP contribution in [0.3, 0.4) is 0 Å². The molecule has 1 saturated heterocycles. The van der Waals surface area contributed by atoms with Crippen LogP contribution in [-0.4, -0.2) is 101 Å². The molecule has 1 fully saturated rings. The molecule has 0 aromatic heterocycles. The van der Waals surface area contributed by atoms with Gasteiger partial charge in [0.1, 0.15) is 30.7 Å². The number of nitrogens with zero attached hydrogens (tertiary/aromatic N) is 2. The van der Waals surface area contributed by atoms with Crippen molar-refractivity contribution in [3.05, 3.63) is 0 Å². The van der Waals surface area contributed by atoms with Crippen molar-refractivity contribution in [3.63, 3.8) is 0 Å². The first-order valence-electron chi connectivity index (χ1n) is 14.1. The Morgan fingerprint density at radius 2 is 1.57 bits per heavy atom. The van der Waals surface area contributed by atoms with E-state index in [9.17, 15) is 28.8 Å². The van der Waals surface area contributed by atoms with Gasteiger partial charge in [0, 0.05) is 13.1 Å². The fourth-order valence-electron chi connectivity index (χ4n) is 4.29. The number of nitrogens with two attached hydrogens (primary N) is 3. The van der Waals surface area contributed by atoms with Crippen molar-refractivity contribution in [2.45, 2.75) is 90.5 Å². The largest absolute Gasteiger partial charge is 0.480 e. The Balaban J connectivity index is 2.98. The molecule has 1 aliphatic rings. The van der Waals surface area contributed by atoms with Gasteiger partial charge in [-0.15, -0.1) is 0 Å². The predicted molar refractivity (Wildman–Crippen MR) is 154 cm³/mol. The lowest BCUT2D eigenvalue weighted by Crippen LogP contribution is -2.58. The number of carboxylic acids is 1. The lowest BCUT2D eigenvalue weighted by Gasteiger charge is -2.29. The summed E-state index contributed by atoms with van der Waals surface area (Å²) in [7, 11) is 0. The van der Waals surface area contributed by atoms with Crippen molar-refractivity contribution in [2.24, 2.45) is 34.0 Å². The van der Waals surface area contributed by atoms with E-state index in [-0.39, 0.29) is 36.7 Å². The number of guanidine groups is 1. The van der Waals surface area contributed by atoms with E-state index in [1.54, 1.807) is 13.8 Å². The van der Waals surface area contributed by atoms with Crippen LogP contribution in [0.25, 0.3) is 0 Å². The molecule has 0 bridgehead atoms. The van der Waals surface area contributed by atoms with Gasteiger partial charge in [0.2, 0.25) is 29.5 Å². The monoisotopic (exact) mass is 597 g/mol. The molecule has 0 spiro atoms. The standard InChI is InChI=1S/C26H47N9O7/c1-13(2)19(27)25(42)35-11-7-9-17(35)23(40)33-16(8-6-10-30-26(28)29)22(39)32-15(5)21(38)34-20(14(3)4)24(41)31-12-18(36)37/h13-17,19-20H,6-12,27H2,1-5H3,(H,31,41)(H,32,39)(H,33,40)(H,34,38)(H,36,37)(H4,28,29,30)/t15-,16-,17-,19-,20-/m0/s1. The molecular formula is C26H47N9O7. The normalized spacial score (nSPS) is 17.5. The third-order valence-corrected chi connectivity index (χ3v) is 6.83. The first-order valence-corrected chi connectivity index (χ1v) is 14.1. The van der Waals surface area contributed by atoms with Crippen LogP contribution in [0.2, 0.25) is 0 Å². The second-order valence-electron chi connectivity index (χ2n) is 11.0. The topological polar surface area (TPSA) is 264 Å². The first kappa shape index (κ1) is 36.1. The van der Waals surface area contributed by atoms with Gasteiger partial charge in [-0.1, -0.05) is 27.7 Å². The van der Waals surface area contributed by atoms with Crippen LogP contribution in [-0.2, 0) is 28.8 Å². The minimum Gasteiger partial charge on any atom is -0.480 e. The third kappa shape index (κ3) is 11.5. The van der Waals surface area contributed by atoms with Gasteiger partial charge in [0.15, 0.2) is 5.96 Å². The van der Waals surface area contributed by atoms with E-state index in [1.165, 1.54) is 11.8 Å². The minimum atomic E-state index is -1.24. The molecule has 0 radical (unpaired) electrons. The summed E-state index contributed by atoms with van der Waals surface area (Å²) >= 11 is 0. The smallest absolute Gasteiger partial charge is 0.322 e. The van der Waals surface area contributed by atoms with E-state index >= 15 is 0 Å². The first-order chi connectivity index (χ1) is 19.6. The number of aliphatic carboxylic acids is 1. The molecule has 16 heteroatoms. The fraction of sp³-hybridized carbons (Fsp3) is 0.731. The summed E-state index contributed by atoms with van der Waals surface area (Å²) < 4.78 is 0. The Kier molecular flexibility index (Phi) is 14.7. The molecule has 0 aromatic rings. The Morgan fingerprint density at radius 3 is 2.12 bits per heavy atom. The van der Waals surface area contributed by atoms with Gasteiger partial charge in [-0.3, -0.25) is 33.8 Å². The van der Waals surface area contributed by atoms with Gasteiger partial charge < -0.3 is 48.5 Å². The average molecular weight is 598 g/mol. The van der Waals surface area contributed by atoms with Crippen LogP contribution in [0.5, 0.6) is 0 Å². The predicted octanol–water partition coefficient (Wildman–Crippen LogP) is -2.65. The number of likely N-dealkylation sites (tertiary alicyclic amines) is 1. The molecule has 1 rings (SSSR count). The van der Waals surface area contributed by atoms with E-state index in [2.05, 4.69) is 26.3 Å². The van der Waals surface area contributed by atoms with Crippen molar-refractivity contribution in [1.29, 1.82) is 0 Å². The Morgan fingerprint density at radius 1 is 0.929 bits per heavy atom. The van der Waals surface area contributed by atoms with Gasteiger partial charge in [0.05, 0.1) is 6.04 Å². The van der Waals surface area contributed by atoms with E-state index in [1.807, 2.05) is 13.8 Å². The number of carbonyl (C=O) groups is 6. The molecule has 0 aliphatic carbocycles. The van der Waals surface area contributed by atoms with Crippen molar-refractivity contribution in [1.82, 2.24) is 26.2 Å². The number of rotatable bonds is 16. The number of hydrogen-bond donors (Lipinski definition) is 8. The molecule has 0 aromatic carbocycles. The molecule has 11 N–H and O–H groups in total. The maximum atomic E-state index is 13.3. The lowest BCUT2D eigenvalue weighted by atomic mass is 10.0. The Bertz CT molecular complexity index is 1010. The van der Waals surface area contributed by atoms with Crippen LogP contribution in [0.15, 0.2) is 4.99 Å². The highest BCUT2D eigenvalue weighted by Crippen LogP contribution is 2.20. The number of carboxylic acid groups (broad SMARTS) is 1. The highest BCUT2D eigenvalue weighted by atomic mass is 16.4. The zero-order valence-electron chi connectivity index (χ0n) is 25.0. The van der Waals surface area contributed by atoms with Gasteiger partial charge in [-0.2, -0.15) is 0 Å². The summed E-state index contributed by atoms with van der Waals surface area (Å²) in [5.41, 5.74) is 16.8. The molecule has 42 heavy (non-hydrogen) atoms. The maximum Gasteiger partial charge on any atom is 0.322 e. The number of hydrogen-bond acceptors (Lipinski definition) is 8. The maximum absolute atomic E-state index is 13.3. The van der Waals surface area contributed by atoms with Gasteiger partial charge in [-0.25, -0.2) is 0 Å². The molecule has 1 aliphatic heterocycles. The second kappa shape index (κ2) is 17.1. The number of aliphatic imine (C=N–C) groups is 1. The highest BCUT2D eigenvalue weighted by Gasteiger charge is 2.38. The molecular weight excluding hydrogens is 550 g/mol. The van der Waals surface area contributed by atoms with E-state index in [0.29, 0.717) is 25.8 Å². The van der Waals surface area contributed by atoms with Crippen molar-refractivity contribution < 1.29 is 33.9 Å². The zero-order valence-corrected chi connectivity index (χ0v) is 25.0. The Hall–Kier alpha value is -3.95. The van der Waals surface area contributed by atoms with Gasteiger partial charge >= 0.3 is 5.97 Å². The summed E-state index contributed by atoms with van der Waals surface area (Å²) in [4.78, 5) is 80.7. The SMILES string of the molecule is CC(C)[C@H](N)C(=O)N1CCC[C@H]1C(=O)N[C@@H](CCCN=C(N)N)C(=O)N[C@@H](C)C(=O)N[C@H](C(=O)NCC(=O)O)C(C)C. The Labute approximate surface area is 245 Å². The molecule has 0 unspecified atom stereocenters. The summed E-state index contributed by atoms with van der Waals surface area (Å²) in [6, 6.07) is -4.81. The van der Waals surface area contributed by atoms with E-state index < -0.39 is 66.4 Å². The minimum absolute atomic E-state index is 0.123. The van der Waals surface area contributed by atoms with Crippen LogP contribution in [0.4, 0.5) is 0 Å². The zero-order chi connectivity index (χ0) is 32.1. The molecule has 16 nitrogen and oxygen atoms in total. The second-order valence-corrected chi connectivity index (χ2v) is 11.0. The van der Waals surface area contributed by atoms with Crippen molar-refractivity contribution in [2.75, 3.05) is 19.6 Å². The average Bonchev–Trinajstić information content (AvgIpc) is 3.40. The van der Waals surface area contributed by atoms with Crippen LogP contribution < -0.4 is 38.5 Å². The van der Waals surface area contributed by atoms with E-state index in [4.69, 9.17) is 22.3 Å². The summed E-state index contributed by atoms with van der Waals surface area (Å²) in [6.45, 7) is 8.32. The van der Waals surface area contributed by atoms with Crippen molar-refractivity contribution >= 4 is 41.5 Å². The van der Waals surface area contributed by atoms with Gasteiger partial charge in [-0.05, 0) is 44.4 Å². The molecule has 5 amide bonds. The quantitative estimate of drug-likeness (QED) is 0.0520. The molecule has 0 saturated carbocycles. The molecule has 238 valence electrons. The molecule has 5 atom stereocenters. The lowest BCUT2D eigenvalue weighted by molar-refractivity contribution is -0.141. The highest BCUT2D eigenvalue weighted by molar-refractivity contribution is 5.96. The van der Waals surface area contributed by atoms with Crippen LogP contribution >= 0.6 is 0 Å². The van der Waals surface area contributed by atoms with E-state index in [0.717, 1.165) is 0 Å². The molecule has 1 heterocycles. The number of amides is 5. The summed E-state index contributed by atoms with van der Waals surface area (Å²) in [6.07, 6.45) is 1.46. The third-order valence-electron chi connectivity index (χ3n) is 6.83. The van der Waals surface area contributed by atoms with Crippen molar-refractivity contribution in [3.8, 4) is 0 Å². The summed E-state index contributed by atoms with van der Waals surface area (Å²) in [5.74, 6) is -4.76. The van der Waals surface area contributed by atoms with Gasteiger partial charge in [0.25, 0.3) is 0 Å². The summed E-state index contributed by atoms with van der Waals surface area (Å²) in [5, 5.41) is 18.8. The fourth-order valence-corrected chi connectivity index (χ4v) is 4.29. The van der Waals surface area contributed by atoms with Crippen LogP contribution in [0.1, 0.15) is 60.3 Å².